The molecule has 0 aromatic heterocycles. The van der Waals surface area contributed by atoms with Crippen LogP contribution in [-0.2, 0) is 9.53 Å². The van der Waals surface area contributed by atoms with Gasteiger partial charge in [-0.2, -0.15) is 0 Å². The van der Waals surface area contributed by atoms with Crippen LogP contribution in [0.25, 0.3) is 0 Å². The van der Waals surface area contributed by atoms with Crippen LogP contribution < -0.4 is 5.32 Å². The van der Waals surface area contributed by atoms with E-state index in [0.29, 0.717) is 47.1 Å². The average Bonchev–Trinajstić information content (AvgIpc) is 3.19. The molecule has 2 heterocycles. The van der Waals surface area contributed by atoms with Crippen molar-refractivity contribution in [1.29, 1.82) is 0 Å². The van der Waals surface area contributed by atoms with Crippen molar-refractivity contribution in [3.63, 3.8) is 0 Å². The topological polar surface area (TPSA) is 79.0 Å². The Kier molecular flexibility index (Phi) is 7.17. The minimum Gasteiger partial charge on any atom is -0.353 e. The van der Waals surface area contributed by atoms with Crippen molar-refractivity contribution in [3.8, 4) is 0 Å². The zero-order chi connectivity index (χ0) is 24.5. The summed E-state index contributed by atoms with van der Waals surface area (Å²) in [6.45, 7) is 4.60. The fourth-order valence-corrected chi connectivity index (χ4v) is 4.84. The van der Waals surface area contributed by atoms with Gasteiger partial charge in [-0.15, -0.1) is 0 Å². The van der Waals surface area contributed by atoms with E-state index in [1.54, 1.807) is 52.3 Å². The van der Waals surface area contributed by atoms with Crippen molar-refractivity contribution in [3.05, 3.63) is 69.7 Å². The Hall–Kier alpha value is -2.61. The lowest BCUT2D eigenvalue weighted by molar-refractivity contribution is -0.128. The highest BCUT2D eigenvalue weighted by atomic mass is 35.5. The van der Waals surface area contributed by atoms with Gasteiger partial charge < -0.3 is 15.0 Å². The summed E-state index contributed by atoms with van der Waals surface area (Å²) in [5.74, 6) is -0.668. The number of hydrogen-bond donors (Lipinski definition) is 1. The first-order chi connectivity index (χ1) is 16.2. The smallest absolute Gasteiger partial charge is 0.256 e. The third kappa shape index (κ3) is 4.78. The van der Waals surface area contributed by atoms with Gasteiger partial charge in [0.05, 0.1) is 16.7 Å². The van der Waals surface area contributed by atoms with Gasteiger partial charge in [-0.05, 0) is 44.2 Å². The lowest BCUT2D eigenvalue weighted by Gasteiger charge is -2.44. The van der Waals surface area contributed by atoms with E-state index in [4.69, 9.17) is 27.9 Å². The first-order valence-corrected chi connectivity index (χ1v) is 12.0. The molecule has 2 aliphatic rings. The number of carbonyl (C=O) groups excluding carboxylic acids is 3. The van der Waals surface area contributed by atoms with Crippen LogP contribution in [0.3, 0.4) is 0 Å². The Morgan fingerprint density at radius 1 is 0.971 bits per heavy atom. The molecule has 0 aliphatic carbocycles. The van der Waals surface area contributed by atoms with Crippen LogP contribution >= 0.6 is 23.2 Å². The summed E-state index contributed by atoms with van der Waals surface area (Å²) in [5, 5.41) is 3.60. The SMILES string of the molecule is CC(C)NC(=O)C1COC2(CCN(C(=O)c3ccc(Cl)c(Cl)c3)CC2)N1C(=O)c1ccccc1. The van der Waals surface area contributed by atoms with Gasteiger partial charge in [0.2, 0.25) is 5.91 Å². The highest BCUT2D eigenvalue weighted by Crippen LogP contribution is 2.39. The van der Waals surface area contributed by atoms with Crippen molar-refractivity contribution < 1.29 is 19.1 Å². The van der Waals surface area contributed by atoms with Gasteiger partial charge in [0, 0.05) is 43.1 Å². The maximum atomic E-state index is 13.6. The van der Waals surface area contributed by atoms with Gasteiger partial charge >= 0.3 is 0 Å². The van der Waals surface area contributed by atoms with Gasteiger partial charge in [-0.25, -0.2) is 0 Å². The molecule has 2 aromatic carbocycles. The van der Waals surface area contributed by atoms with Crippen molar-refractivity contribution in [2.24, 2.45) is 0 Å². The standard InChI is InChI=1S/C25H27Cl2N3O4/c1-16(2)28-22(31)21-15-34-25(30(21)24(33)17-6-4-3-5-7-17)10-12-29(13-11-25)23(32)18-8-9-19(26)20(27)14-18/h3-9,14,16,21H,10-13,15H2,1-2H3,(H,28,31). The molecule has 34 heavy (non-hydrogen) atoms. The minimum atomic E-state index is -0.958. The number of likely N-dealkylation sites (tertiary alicyclic amines) is 1. The molecule has 2 saturated heterocycles. The van der Waals surface area contributed by atoms with Crippen LogP contribution in [0, 0.1) is 0 Å². The third-order valence-corrected chi connectivity index (χ3v) is 6.97. The van der Waals surface area contributed by atoms with Crippen LogP contribution in [0.15, 0.2) is 48.5 Å². The largest absolute Gasteiger partial charge is 0.353 e. The Bertz CT molecular complexity index is 1080. The van der Waals surface area contributed by atoms with E-state index < -0.39 is 11.8 Å². The number of carbonyl (C=O) groups is 3. The van der Waals surface area contributed by atoms with Gasteiger partial charge in [0.25, 0.3) is 11.8 Å². The number of ether oxygens (including phenoxy) is 1. The van der Waals surface area contributed by atoms with E-state index >= 15 is 0 Å². The lowest BCUT2D eigenvalue weighted by atomic mass is 9.96. The number of benzene rings is 2. The molecule has 4 rings (SSSR count). The van der Waals surface area contributed by atoms with E-state index in [1.807, 2.05) is 19.9 Å². The number of nitrogens with zero attached hydrogens (tertiary/aromatic N) is 2. The van der Waals surface area contributed by atoms with Gasteiger partial charge in [0.1, 0.15) is 11.8 Å². The summed E-state index contributed by atoms with van der Waals surface area (Å²) in [7, 11) is 0. The number of hydrogen-bond acceptors (Lipinski definition) is 4. The molecule has 2 aromatic rings. The summed E-state index contributed by atoms with van der Waals surface area (Å²) >= 11 is 12.1. The molecule has 7 nitrogen and oxygen atoms in total. The molecule has 2 aliphatic heterocycles. The highest BCUT2D eigenvalue weighted by molar-refractivity contribution is 6.42. The molecular formula is C25H27Cl2N3O4. The van der Waals surface area contributed by atoms with Crippen LogP contribution in [-0.4, -0.2) is 65.0 Å². The predicted octanol–water partition coefficient (Wildman–Crippen LogP) is 3.99. The van der Waals surface area contributed by atoms with Gasteiger partial charge in [-0.3, -0.25) is 19.3 Å². The lowest BCUT2D eigenvalue weighted by Crippen LogP contribution is -2.60. The molecule has 0 saturated carbocycles. The molecule has 0 bridgehead atoms. The summed E-state index contributed by atoms with van der Waals surface area (Å²) in [5.41, 5.74) is -0.0199. The van der Waals surface area contributed by atoms with Crippen molar-refractivity contribution in [2.45, 2.75) is 44.5 Å². The quantitative estimate of drug-likeness (QED) is 0.683. The van der Waals surface area contributed by atoms with Crippen LogP contribution in [0.2, 0.25) is 10.0 Å². The summed E-state index contributed by atoms with van der Waals surface area (Å²) in [4.78, 5) is 42.9. The van der Waals surface area contributed by atoms with Crippen molar-refractivity contribution in [1.82, 2.24) is 15.1 Å². The van der Waals surface area contributed by atoms with Crippen LogP contribution in [0.4, 0.5) is 0 Å². The Morgan fingerprint density at radius 3 is 2.26 bits per heavy atom. The molecule has 1 atom stereocenters. The van der Waals surface area contributed by atoms with E-state index in [9.17, 15) is 14.4 Å². The minimum absolute atomic E-state index is 0.0663. The zero-order valence-corrected chi connectivity index (χ0v) is 20.6. The molecule has 1 unspecified atom stereocenters. The summed E-state index contributed by atoms with van der Waals surface area (Å²) in [6.07, 6.45) is 0.786. The Balaban J connectivity index is 1.56. The van der Waals surface area contributed by atoms with Crippen molar-refractivity contribution >= 4 is 40.9 Å². The molecule has 9 heteroatoms. The summed E-state index contributed by atoms with van der Waals surface area (Å²) in [6, 6.07) is 12.9. The number of rotatable bonds is 4. The Labute approximate surface area is 208 Å². The molecule has 180 valence electrons. The zero-order valence-electron chi connectivity index (χ0n) is 19.1. The first-order valence-electron chi connectivity index (χ1n) is 11.3. The number of amides is 3. The molecular weight excluding hydrogens is 477 g/mol. The monoisotopic (exact) mass is 503 g/mol. The number of nitrogens with one attached hydrogen (secondary N) is 1. The Morgan fingerprint density at radius 2 is 1.65 bits per heavy atom. The maximum absolute atomic E-state index is 13.6. The van der Waals surface area contributed by atoms with Crippen LogP contribution in [0.1, 0.15) is 47.4 Å². The highest BCUT2D eigenvalue weighted by Gasteiger charge is 2.54. The van der Waals surface area contributed by atoms with Crippen molar-refractivity contribution in [2.75, 3.05) is 19.7 Å². The molecule has 2 fully saturated rings. The average molecular weight is 504 g/mol. The summed E-state index contributed by atoms with van der Waals surface area (Å²) < 4.78 is 6.19. The molecule has 1 spiro atoms. The third-order valence-electron chi connectivity index (χ3n) is 6.23. The maximum Gasteiger partial charge on any atom is 0.256 e. The first kappa shape index (κ1) is 24.5. The number of piperidine rings is 1. The predicted molar refractivity (Wildman–Crippen MR) is 130 cm³/mol. The second-order valence-electron chi connectivity index (χ2n) is 8.90. The van der Waals surface area contributed by atoms with Gasteiger partial charge in [-0.1, -0.05) is 41.4 Å². The van der Waals surface area contributed by atoms with E-state index in [1.165, 1.54) is 0 Å². The second kappa shape index (κ2) is 9.94. The molecule has 3 amide bonds. The normalized spacial score (nSPS) is 19.5. The fourth-order valence-electron chi connectivity index (χ4n) is 4.54. The van der Waals surface area contributed by atoms with Gasteiger partial charge in [0.15, 0.2) is 0 Å². The second-order valence-corrected chi connectivity index (χ2v) is 9.71. The van der Waals surface area contributed by atoms with E-state index in [-0.39, 0.29) is 30.4 Å². The molecule has 0 radical (unpaired) electrons. The van der Waals surface area contributed by atoms with E-state index in [2.05, 4.69) is 5.32 Å². The molecule has 1 N–H and O–H groups in total. The van der Waals surface area contributed by atoms with Crippen LogP contribution in [0.5, 0.6) is 0 Å². The van der Waals surface area contributed by atoms with E-state index in [0.717, 1.165) is 0 Å². The number of halogens is 2. The fraction of sp³-hybridized carbons (Fsp3) is 0.400.